The quantitative estimate of drug-likeness (QED) is 0.133. The molecular formula is C22H60O8Si9. The highest BCUT2D eigenvalue weighted by molar-refractivity contribution is 6.93. The first kappa shape index (κ1) is 40.1. The van der Waals surface area contributed by atoms with Crippen molar-refractivity contribution >= 4 is 76.6 Å². The Labute approximate surface area is 250 Å². The van der Waals surface area contributed by atoms with Crippen molar-refractivity contribution in [3.63, 3.8) is 0 Å². The van der Waals surface area contributed by atoms with E-state index in [1.54, 1.807) is 0 Å². The van der Waals surface area contributed by atoms with Gasteiger partial charge in [-0.15, -0.1) is 13.2 Å². The lowest BCUT2D eigenvalue weighted by atomic mass is 11.3. The van der Waals surface area contributed by atoms with Crippen LogP contribution in [-0.4, -0.2) is 76.6 Å². The van der Waals surface area contributed by atoms with Crippen molar-refractivity contribution in [2.75, 3.05) is 0 Å². The van der Waals surface area contributed by atoms with Crippen LogP contribution in [0.25, 0.3) is 0 Å². The summed E-state index contributed by atoms with van der Waals surface area (Å²) in [6.07, 6.45) is 0. The maximum Gasteiger partial charge on any atom is 0.314 e. The van der Waals surface area contributed by atoms with Gasteiger partial charge in [-0.1, -0.05) is 11.4 Å². The Hall–Kier alpha value is 1.11. The van der Waals surface area contributed by atoms with Crippen LogP contribution < -0.4 is 0 Å². The summed E-state index contributed by atoms with van der Waals surface area (Å²) in [6, 6.07) is 0. The Morgan fingerprint density at radius 1 is 0.282 bits per heavy atom. The van der Waals surface area contributed by atoms with Gasteiger partial charge in [0.15, 0.2) is 16.6 Å². The molecule has 0 saturated heterocycles. The number of hydrogen-bond donors (Lipinski definition) is 0. The third-order valence-electron chi connectivity index (χ3n) is 4.95. The van der Waals surface area contributed by atoms with E-state index in [1.807, 2.05) is 11.4 Å². The van der Waals surface area contributed by atoms with E-state index in [2.05, 4.69) is 131 Å². The Kier molecular flexibility index (Phi) is 13.8. The molecule has 0 aliphatic rings. The van der Waals surface area contributed by atoms with Crippen LogP contribution in [0.15, 0.2) is 24.6 Å². The summed E-state index contributed by atoms with van der Waals surface area (Å²) in [5.41, 5.74) is 3.88. The number of rotatable bonds is 18. The molecule has 0 spiro atoms. The van der Waals surface area contributed by atoms with E-state index in [1.165, 1.54) is 0 Å². The second-order valence-electron chi connectivity index (χ2n) is 14.2. The molecule has 0 rings (SSSR count). The molecule has 0 atom stereocenters. The van der Waals surface area contributed by atoms with Crippen molar-refractivity contribution in [2.24, 2.45) is 0 Å². The van der Waals surface area contributed by atoms with Gasteiger partial charge in [-0.3, -0.25) is 0 Å². The molecule has 8 nitrogen and oxygen atoms in total. The standard InChI is InChI=1S/C22H60O8Si9/c1-21-31(3,4)23-33(7,8)25-35(11,12)27-37(15,16)29-39(19,20)30-38(17,18)28-36(13,14)26-34(9,10)24-32(5,6)22-2/h21-22H,1-2H2,3-20H3. The summed E-state index contributed by atoms with van der Waals surface area (Å²) in [5.74, 6) is 0. The van der Waals surface area contributed by atoms with Crippen molar-refractivity contribution in [3.8, 4) is 0 Å². The summed E-state index contributed by atoms with van der Waals surface area (Å²) < 4.78 is 52.7. The molecule has 0 aliphatic heterocycles. The second-order valence-corrected chi connectivity index (χ2v) is 47.6. The largest absolute Gasteiger partial charge is 0.433 e. The molecule has 17 heteroatoms. The average molecular weight is 705 g/mol. The molecule has 0 unspecified atom stereocenters. The lowest BCUT2D eigenvalue weighted by molar-refractivity contribution is 0.261. The molecule has 232 valence electrons. The summed E-state index contributed by atoms with van der Waals surface area (Å²) in [5, 5.41) is 0. The molecule has 39 heavy (non-hydrogen) atoms. The Morgan fingerprint density at radius 2 is 0.410 bits per heavy atom. The molecule has 0 bridgehead atoms. The average Bonchev–Trinajstić information content (AvgIpc) is 2.52. The topological polar surface area (TPSA) is 73.8 Å². The first-order valence-corrected chi connectivity index (χ1v) is 39.3. The van der Waals surface area contributed by atoms with Gasteiger partial charge in [-0.05, 0) is 118 Å². The van der Waals surface area contributed by atoms with Crippen LogP contribution in [0.4, 0.5) is 0 Å². The molecule has 0 N–H and O–H groups in total. The fourth-order valence-corrected chi connectivity index (χ4v) is 48.1. The van der Waals surface area contributed by atoms with Crippen LogP contribution >= 0.6 is 0 Å². The highest BCUT2D eigenvalue weighted by Crippen LogP contribution is 2.30. The summed E-state index contributed by atoms with van der Waals surface area (Å²) in [7, 11) is -21.7. The van der Waals surface area contributed by atoms with E-state index < -0.39 is 76.6 Å². The van der Waals surface area contributed by atoms with Gasteiger partial charge in [0, 0.05) is 0 Å². The molecule has 0 aromatic carbocycles. The van der Waals surface area contributed by atoms with Crippen molar-refractivity contribution < 1.29 is 32.9 Å². The van der Waals surface area contributed by atoms with Gasteiger partial charge in [-0.25, -0.2) is 0 Å². The highest BCUT2D eigenvalue weighted by atomic mass is 28.5. The molecular weight excluding hydrogens is 645 g/mol. The minimum Gasteiger partial charge on any atom is -0.433 e. The maximum absolute atomic E-state index is 6.69. The molecule has 0 aromatic heterocycles. The third-order valence-corrected chi connectivity index (χ3v) is 38.7. The van der Waals surface area contributed by atoms with Crippen molar-refractivity contribution in [3.05, 3.63) is 24.6 Å². The van der Waals surface area contributed by atoms with Crippen LogP contribution in [0, 0.1) is 0 Å². The van der Waals surface area contributed by atoms with Gasteiger partial charge in [0.1, 0.15) is 0 Å². The van der Waals surface area contributed by atoms with Crippen molar-refractivity contribution in [1.82, 2.24) is 0 Å². The first-order chi connectivity index (χ1) is 16.8. The van der Waals surface area contributed by atoms with Crippen molar-refractivity contribution in [2.45, 2.75) is 118 Å². The Morgan fingerprint density at radius 3 is 0.538 bits per heavy atom. The van der Waals surface area contributed by atoms with E-state index in [4.69, 9.17) is 32.9 Å². The van der Waals surface area contributed by atoms with Gasteiger partial charge >= 0.3 is 59.9 Å². The van der Waals surface area contributed by atoms with Gasteiger partial charge in [0.2, 0.25) is 0 Å². The fourth-order valence-electron chi connectivity index (χ4n) is 5.05. The normalized spacial score (nSPS) is 15.4. The predicted octanol–water partition coefficient (Wildman–Crippen LogP) is 7.89. The Balaban J connectivity index is 5.42. The lowest BCUT2D eigenvalue weighted by Gasteiger charge is -2.44. The molecule has 0 amide bonds. The SMILES string of the molecule is C=C[Si](C)(C)O[Si](C)(C)O[Si](C)(C)O[Si](C)(C)O[Si](C)(C)O[Si](C)(C)O[Si](C)(C)O[Si](C)(C)O[Si](C)(C)C=C. The van der Waals surface area contributed by atoms with Gasteiger partial charge in [-0.2, -0.15) is 0 Å². The highest BCUT2D eigenvalue weighted by Gasteiger charge is 2.49. The van der Waals surface area contributed by atoms with E-state index in [0.717, 1.165) is 0 Å². The smallest absolute Gasteiger partial charge is 0.314 e. The molecule has 0 radical (unpaired) electrons. The fraction of sp³-hybridized carbons (Fsp3) is 0.818. The molecule has 0 saturated carbocycles. The van der Waals surface area contributed by atoms with E-state index in [-0.39, 0.29) is 0 Å². The maximum atomic E-state index is 6.69. The first-order valence-electron chi connectivity index (χ1n) is 13.7. The van der Waals surface area contributed by atoms with Gasteiger partial charge in [0.25, 0.3) is 0 Å². The van der Waals surface area contributed by atoms with Gasteiger partial charge in [0.05, 0.1) is 0 Å². The molecule has 0 fully saturated rings. The van der Waals surface area contributed by atoms with Crippen LogP contribution in [0.1, 0.15) is 0 Å². The molecule has 0 aliphatic carbocycles. The zero-order valence-corrected chi connectivity index (χ0v) is 37.3. The minimum absolute atomic E-state index is 1.94. The van der Waals surface area contributed by atoms with E-state index in [9.17, 15) is 0 Å². The molecule has 0 aromatic rings. The van der Waals surface area contributed by atoms with Crippen LogP contribution in [0.2, 0.25) is 118 Å². The summed E-state index contributed by atoms with van der Waals surface area (Å²) in [4.78, 5) is 0. The predicted molar refractivity (Wildman–Crippen MR) is 186 cm³/mol. The summed E-state index contributed by atoms with van der Waals surface area (Å²) >= 11 is 0. The Bertz CT molecular complexity index is 777. The van der Waals surface area contributed by atoms with Crippen LogP contribution in [-0.2, 0) is 32.9 Å². The van der Waals surface area contributed by atoms with E-state index in [0.29, 0.717) is 0 Å². The minimum atomic E-state index is -2.62. The lowest BCUT2D eigenvalue weighted by Crippen LogP contribution is -2.62. The van der Waals surface area contributed by atoms with E-state index >= 15 is 0 Å². The second kappa shape index (κ2) is 13.4. The zero-order chi connectivity index (χ0) is 31.6. The van der Waals surface area contributed by atoms with Crippen LogP contribution in [0.5, 0.6) is 0 Å². The van der Waals surface area contributed by atoms with Crippen LogP contribution in [0.3, 0.4) is 0 Å². The monoisotopic (exact) mass is 704 g/mol. The number of hydrogen-bond acceptors (Lipinski definition) is 8. The third kappa shape index (κ3) is 17.7. The molecule has 0 heterocycles. The van der Waals surface area contributed by atoms with Gasteiger partial charge < -0.3 is 32.9 Å². The van der Waals surface area contributed by atoms with Crippen molar-refractivity contribution in [1.29, 1.82) is 0 Å². The zero-order valence-electron chi connectivity index (χ0n) is 28.3. The summed E-state index contributed by atoms with van der Waals surface area (Å²) in [6.45, 7) is 45.4.